The molecule has 66 valence electrons. The van der Waals surface area contributed by atoms with Gasteiger partial charge in [-0.1, -0.05) is 0 Å². The number of aromatic nitrogens is 3. The minimum absolute atomic E-state index is 0.399. The lowest BCUT2D eigenvalue weighted by Crippen LogP contribution is -2.15. The van der Waals surface area contributed by atoms with Crippen molar-refractivity contribution in [1.82, 2.24) is 14.6 Å². The standard InChI is InChI=1S/C8H8N4O/c1-5-6(8(9)13)4-10-7-2-3-11-12(5)7/h2-4H,1H3,(H2,9,13). The number of carbonyl (C=O) groups excluding carboxylic acids is 1. The lowest BCUT2D eigenvalue weighted by atomic mass is 10.2. The summed E-state index contributed by atoms with van der Waals surface area (Å²) in [5, 5.41) is 4.01. The maximum Gasteiger partial charge on any atom is 0.252 e. The summed E-state index contributed by atoms with van der Waals surface area (Å²) in [6.45, 7) is 1.78. The molecule has 2 rings (SSSR count). The molecule has 13 heavy (non-hydrogen) atoms. The van der Waals surface area contributed by atoms with Crippen LogP contribution in [0.5, 0.6) is 0 Å². The first-order valence-corrected chi connectivity index (χ1v) is 3.79. The van der Waals surface area contributed by atoms with Gasteiger partial charge in [0.15, 0.2) is 5.65 Å². The third-order valence-electron chi connectivity index (χ3n) is 1.92. The van der Waals surface area contributed by atoms with Gasteiger partial charge in [0.05, 0.1) is 17.5 Å². The number of fused-ring (bicyclic) bond motifs is 1. The second-order valence-corrected chi connectivity index (χ2v) is 2.72. The molecule has 0 radical (unpaired) electrons. The van der Waals surface area contributed by atoms with Crippen LogP contribution in [0.4, 0.5) is 0 Å². The van der Waals surface area contributed by atoms with Gasteiger partial charge in [-0.2, -0.15) is 5.10 Å². The molecule has 1 amide bonds. The fourth-order valence-electron chi connectivity index (χ4n) is 1.23. The highest BCUT2D eigenvalue weighted by atomic mass is 16.1. The zero-order valence-electron chi connectivity index (χ0n) is 7.06. The minimum Gasteiger partial charge on any atom is -0.365 e. The quantitative estimate of drug-likeness (QED) is 0.671. The molecule has 0 saturated carbocycles. The first-order valence-electron chi connectivity index (χ1n) is 3.79. The van der Waals surface area contributed by atoms with Gasteiger partial charge in [-0.3, -0.25) is 4.79 Å². The number of carbonyl (C=O) groups is 1. The lowest BCUT2D eigenvalue weighted by Gasteiger charge is -2.02. The van der Waals surface area contributed by atoms with Crippen molar-refractivity contribution in [1.29, 1.82) is 0 Å². The predicted molar refractivity (Wildman–Crippen MR) is 46.2 cm³/mol. The Hall–Kier alpha value is -1.91. The van der Waals surface area contributed by atoms with Crippen LogP contribution in [0.1, 0.15) is 16.1 Å². The summed E-state index contributed by atoms with van der Waals surface area (Å²) in [4.78, 5) is 15.0. The average Bonchev–Trinajstić information content (AvgIpc) is 2.52. The zero-order chi connectivity index (χ0) is 9.42. The van der Waals surface area contributed by atoms with Crippen molar-refractivity contribution in [2.45, 2.75) is 6.92 Å². The highest BCUT2D eigenvalue weighted by Crippen LogP contribution is 2.07. The van der Waals surface area contributed by atoms with E-state index in [4.69, 9.17) is 5.73 Å². The van der Waals surface area contributed by atoms with Gasteiger partial charge < -0.3 is 5.73 Å². The number of hydrogen-bond acceptors (Lipinski definition) is 3. The number of hydrogen-bond donors (Lipinski definition) is 1. The third kappa shape index (κ3) is 1.05. The van der Waals surface area contributed by atoms with Crippen molar-refractivity contribution in [2.75, 3.05) is 0 Å². The van der Waals surface area contributed by atoms with Crippen LogP contribution in [-0.4, -0.2) is 20.5 Å². The predicted octanol–water partition coefficient (Wildman–Crippen LogP) is 0.137. The number of amides is 1. The van der Waals surface area contributed by atoms with Gasteiger partial charge in [-0.25, -0.2) is 9.50 Å². The van der Waals surface area contributed by atoms with E-state index in [9.17, 15) is 4.79 Å². The van der Waals surface area contributed by atoms with Crippen LogP contribution in [0, 0.1) is 6.92 Å². The molecule has 0 saturated heterocycles. The molecule has 2 heterocycles. The topological polar surface area (TPSA) is 73.3 Å². The largest absolute Gasteiger partial charge is 0.365 e. The molecule has 0 aromatic carbocycles. The number of nitrogens with zero attached hydrogens (tertiary/aromatic N) is 3. The van der Waals surface area contributed by atoms with Crippen molar-refractivity contribution in [3.8, 4) is 0 Å². The van der Waals surface area contributed by atoms with E-state index in [1.165, 1.54) is 6.20 Å². The fourth-order valence-corrected chi connectivity index (χ4v) is 1.23. The van der Waals surface area contributed by atoms with E-state index < -0.39 is 5.91 Å². The Balaban J connectivity index is 2.80. The fraction of sp³-hybridized carbons (Fsp3) is 0.125. The maximum atomic E-state index is 10.9. The molecule has 5 nitrogen and oxygen atoms in total. The van der Waals surface area contributed by atoms with Crippen LogP contribution < -0.4 is 5.73 Å². The van der Waals surface area contributed by atoms with Gasteiger partial charge in [0.25, 0.3) is 5.91 Å². The molecule has 0 spiro atoms. The summed E-state index contributed by atoms with van der Waals surface area (Å²) in [5.74, 6) is -0.484. The normalized spacial score (nSPS) is 10.5. The molecule has 5 heteroatoms. The summed E-state index contributed by atoms with van der Waals surface area (Å²) < 4.78 is 1.58. The molecule has 0 fully saturated rings. The van der Waals surface area contributed by atoms with E-state index in [2.05, 4.69) is 10.1 Å². The molecule has 0 atom stereocenters. The molecule has 2 N–H and O–H groups in total. The molecular formula is C8H8N4O. The first kappa shape index (κ1) is 7.72. The Morgan fingerprint density at radius 1 is 1.62 bits per heavy atom. The van der Waals surface area contributed by atoms with E-state index >= 15 is 0 Å². The number of aryl methyl sites for hydroxylation is 1. The van der Waals surface area contributed by atoms with Gasteiger partial charge >= 0.3 is 0 Å². The number of rotatable bonds is 1. The zero-order valence-corrected chi connectivity index (χ0v) is 7.06. The van der Waals surface area contributed by atoms with Crippen molar-refractivity contribution in [3.63, 3.8) is 0 Å². The lowest BCUT2D eigenvalue weighted by molar-refractivity contribution is 0.0998. The van der Waals surface area contributed by atoms with E-state index in [0.29, 0.717) is 16.9 Å². The Kier molecular flexibility index (Phi) is 1.51. The molecule has 0 aliphatic heterocycles. The smallest absolute Gasteiger partial charge is 0.252 e. The maximum absolute atomic E-state index is 10.9. The summed E-state index contributed by atoms with van der Waals surface area (Å²) >= 11 is 0. The van der Waals surface area contributed by atoms with Crippen LogP contribution in [0.15, 0.2) is 18.5 Å². The van der Waals surface area contributed by atoms with E-state index in [0.717, 1.165) is 0 Å². The molecule has 2 aromatic rings. The number of nitrogens with two attached hydrogens (primary N) is 1. The molecule has 0 aliphatic rings. The average molecular weight is 176 g/mol. The van der Waals surface area contributed by atoms with Crippen LogP contribution in [0.3, 0.4) is 0 Å². The van der Waals surface area contributed by atoms with Gasteiger partial charge in [-0.15, -0.1) is 0 Å². The third-order valence-corrected chi connectivity index (χ3v) is 1.92. The first-order chi connectivity index (χ1) is 6.20. The van der Waals surface area contributed by atoms with E-state index in [1.54, 1.807) is 23.7 Å². The van der Waals surface area contributed by atoms with Crippen molar-refractivity contribution < 1.29 is 4.79 Å². The molecular weight excluding hydrogens is 168 g/mol. The van der Waals surface area contributed by atoms with Crippen LogP contribution in [-0.2, 0) is 0 Å². The van der Waals surface area contributed by atoms with Crippen LogP contribution >= 0.6 is 0 Å². The van der Waals surface area contributed by atoms with E-state index in [1.807, 2.05) is 0 Å². The molecule has 0 unspecified atom stereocenters. The summed E-state index contributed by atoms with van der Waals surface area (Å²) in [5.41, 5.74) is 6.97. The second-order valence-electron chi connectivity index (χ2n) is 2.72. The summed E-state index contributed by atoms with van der Waals surface area (Å²) in [7, 11) is 0. The van der Waals surface area contributed by atoms with Crippen LogP contribution in [0.25, 0.3) is 5.65 Å². The highest BCUT2D eigenvalue weighted by molar-refractivity contribution is 5.93. The highest BCUT2D eigenvalue weighted by Gasteiger charge is 2.08. The minimum atomic E-state index is -0.484. The Bertz CT molecular complexity index is 474. The van der Waals surface area contributed by atoms with Crippen molar-refractivity contribution >= 4 is 11.6 Å². The van der Waals surface area contributed by atoms with Crippen molar-refractivity contribution in [3.05, 3.63) is 29.7 Å². The van der Waals surface area contributed by atoms with Gasteiger partial charge in [0.1, 0.15) is 0 Å². The summed E-state index contributed by atoms with van der Waals surface area (Å²) in [6, 6.07) is 1.76. The summed E-state index contributed by atoms with van der Waals surface area (Å²) in [6.07, 6.45) is 3.09. The Morgan fingerprint density at radius 3 is 3.08 bits per heavy atom. The molecule has 0 bridgehead atoms. The van der Waals surface area contributed by atoms with Gasteiger partial charge in [-0.05, 0) is 6.92 Å². The molecule has 2 aromatic heterocycles. The Labute approximate surface area is 74.2 Å². The Morgan fingerprint density at radius 2 is 2.38 bits per heavy atom. The van der Waals surface area contributed by atoms with Crippen molar-refractivity contribution in [2.24, 2.45) is 5.73 Å². The van der Waals surface area contributed by atoms with Crippen LogP contribution in [0.2, 0.25) is 0 Å². The van der Waals surface area contributed by atoms with Gasteiger partial charge in [0, 0.05) is 12.3 Å². The van der Waals surface area contributed by atoms with Gasteiger partial charge in [0.2, 0.25) is 0 Å². The monoisotopic (exact) mass is 176 g/mol. The van der Waals surface area contributed by atoms with E-state index in [-0.39, 0.29) is 0 Å². The second kappa shape index (κ2) is 2.55. The SMILES string of the molecule is Cc1c(C(N)=O)cnc2ccnn12. The molecule has 0 aliphatic carbocycles. The number of primary amides is 1.